The van der Waals surface area contributed by atoms with E-state index in [1.54, 1.807) is 24.2 Å². The van der Waals surface area contributed by atoms with Crippen molar-refractivity contribution in [2.24, 2.45) is 11.7 Å². The second-order valence-corrected chi connectivity index (χ2v) is 7.46. The van der Waals surface area contributed by atoms with E-state index in [1.165, 1.54) is 11.8 Å². The lowest BCUT2D eigenvalue weighted by atomic mass is 10.0. The Labute approximate surface area is 153 Å². The van der Waals surface area contributed by atoms with Crippen molar-refractivity contribution in [1.29, 1.82) is 0 Å². The van der Waals surface area contributed by atoms with Crippen LogP contribution in [0.15, 0.2) is 33.9 Å². The van der Waals surface area contributed by atoms with Crippen LogP contribution in [0.3, 0.4) is 0 Å². The number of carbonyl (C=O) groups is 1. The van der Waals surface area contributed by atoms with Crippen LogP contribution in [0.25, 0.3) is 0 Å². The van der Waals surface area contributed by atoms with Crippen LogP contribution in [0.5, 0.6) is 0 Å². The lowest BCUT2D eigenvalue weighted by molar-refractivity contribution is 0.0785. The third kappa shape index (κ3) is 5.57. The SMILES string of the molecule is Cc1cc(CSc2ncccc2C(=O)N(C)CCC(N)C(C)C)no1. The van der Waals surface area contributed by atoms with Crippen molar-refractivity contribution in [1.82, 2.24) is 15.0 Å². The van der Waals surface area contributed by atoms with Gasteiger partial charge >= 0.3 is 0 Å². The minimum Gasteiger partial charge on any atom is -0.361 e. The Morgan fingerprint density at radius 3 is 2.84 bits per heavy atom. The van der Waals surface area contributed by atoms with Gasteiger partial charge in [0.2, 0.25) is 0 Å². The fourth-order valence-electron chi connectivity index (χ4n) is 2.28. The summed E-state index contributed by atoms with van der Waals surface area (Å²) in [6.07, 6.45) is 2.47. The number of nitrogens with two attached hydrogens (primary N) is 1. The Balaban J connectivity index is 2.01. The molecule has 136 valence electrons. The monoisotopic (exact) mass is 362 g/mol. The third-order valence-electron chi connectivity index (χ3n) is 4.04. The fraction of sp³-hybridized carbons (Fsp3) is 0.500. The van der Waals surface area contributed by atoms with E-state index in [1.807, 2.05) is 19.1 Å². The lowest BCUT2D eigenvalue weighted by Crippen LogP contribution is -2.34. The van der Waals surface area contributed by atoms with Crippen molar-refractivity contribution < 1.29 is 9.32 Å². The predicted octanol–water partition coefficient (Wildman–Crippen LogP) is 3.12. The summed E-state index contributed by atoms with van der Waals surface area (Å²) in [4.78, 5) is 18.8. The maximum atomic E-state index is 12.8. The molecule has 0 saturated carbocycles. The number of thioether (sulfide) groups is 1. The van der Waals surface area contributed by atoms with E-state index in [9.17, 15) is 4.79 Å². The van der Waals surface area contributed by atoms with Crippen LogP contribution in [0.1, 0.15) is 42.1 Å². The topological polar surface area (TPSA) is 85.2 Å². The van der Waals surface area contributed by atoms with E-state index >= 15 is 0 Å². The molecule has 2 aromatic rings. The summed E-state index contributed by atoms with van der Waals surface area (Å²) < 4.78 is 5.07. The van der Waals surface area contributed by atoms with E-state index < -0.39 is 0 Å². The maximum Gasteiger partial charge on any atom is 0.256 e. The first-order valence-electron chi connectivity index (χ1n) is 8.39. The second-order valence-electron chi connectivity index (χ2n) is 6.50. The highest BCUT2D eigenvalue weighted by Gasteiger charge is 2.18. The number of aryl methyl sites for hydroxylation is 1. The Kier molecular flexibility index (Phi) is 7.01. The molecule has 0 fully saturated rings. The van der Waals surface area contributed by atoms with Crippen LogP contribution < -0.4 is 5.73 Å². The standard InChI is InChI=1S/C18H26N4O2S/c1-12(2)16(19)7-9-22(4)18(23)15-6-5-8-20-17(15)25-11-14-10-13(3)24-21-14/h5-6,8,10,12,16H,7,9,11,19H2,1-4H3. The molecule has 1 amide bonds. The molecule has 2 aromatic heterocycles. The van der Waals surface area contributed by atoms with Crippen LogP contribution >= 0.6 is 11.8 Å². The van der Waals surface area contributed by atoms with Crippen LogP contribution in [-0.4, -0.2) is 40.6 Å². The van der Waals surface area contributed by atoms with E-state index in [4.69, 9.17) is 10.3 Å². The van der Waals surface area contributed by atoms with Gasteiger partial charge in [-0.2, -0.15) is 0 Å². The number of pyridine rings is 1. The van der Waals surface area contributed by atoms with Crippen LogP contribution in [0, 0.1) is 12.8 Å². The normalized spacial score (nSPS) is 12.4. The minimum atomic E-state index is -0.0390. The highest BCUT2D eigenvalue weighted by atomic mass is 32.2. The van der Waals surface area contributed by atoms with Crippen LogP contribution in [-0.2, 0) is 5.75 Å². The van der Waals surface area contributed by atoms with Gasteiger partial charge in [0.25, 0.3) is 5.91 Å². The summed E-state index contributed by atoms with van der Waals surface area (Å²) >= 11 is 1.48. The highest BCUT2D eigenvalue weighted by molar-refractivity contribution is 7.98. The summed E-state index contributed by atoms with van der Waals surface area (Å²) in [6.45, 7) is 6.66. The molecule has 7 heteroatoms. The summed E-state index contributed by atoms with van der Waals surface area (Å²) in [5, 5.41) is 4.67. The first-order chi connectivity index (χ1) is 11.9. The second kappa shape index (κ2) is 9.01. The van der Waals surface area contributed by atoms with E-state index in [2.05, 4.69) is 24.0 Å². The number of amides is 1. The Hall–Kier alpha value is -1.86. The molecule has 0 aromatic carbocycles. The van der Waals surface area contributed by atoms with Gasteiger partial charge in [0.15, 0.2) is 0 Å². The average molecular weight is 362 g/mol. The van der Waals surface area contributed by atoms with Crippen LogP contribution in [0.2, 0.25) is 0 Å². The predicted molar refractivity (Wildman–Crippen MR) is 99.4 cm³/mol. The Morgan fingerprint density at radius 1 is 1.44 bits per heavy atom. The summed E-state index contributed by atoms with van der Waals surface area (Å²) in [5.74, 6) is 1.74. The first kappa shape index (κ1) is 19.5. The third-order valence-corrected chi connectivity index (χ3v) is 5.07. The fourth-order valence-corrected chi connectivity index (χ4v) is 3.15. The van der Waals surface area contributed by atoms with Crippen LogP contribution in [0.4, 0.5) is 0 Å². The molecule has 1 atom stereocenters. The van der Waals surface area contributed by atoms with Gasteiger partial charge in [-0.3, -0.25) is 4.79 Å². The van der Waals surface area contributed by atoms with Crippen molar-refractivity contribution in [3.63, 3.8) is 0 Å². The number of nitrogens with zero attached hydrogens (tertiary/aromatic N) is 3. The maximum absolute atomic E-state index is 12.8. The van der Waals surface area contributed by atoms with Gasteiger partial charge in [-0.05, 0) is 31.4 Å². The van der Waals surface area contributed by atoms with Crippen molar-refractivity contribution in [3.8, 4) is 0 Å². The van der Waals surface area contributed by atoms with E-state index in [0.717, 1.165) is 17.9 Å². The smallest absolute Gasteiger partial charge is 0.256 e. The summed E-state index contributed by atoms with van der Waals surface area (Å²) in [5.41, 5.74) is 7.52. The molecule has 0 radical (unpaired) electrons. The van der Waals surface area contributed by atoms with Gasteiger partial charge < -0.3 is 15.2 Å². The molecule has 0 aliphatic heterocycles. The van der Waals surface area contributed by atoms with Gasteiger partial charge in [0, 0.05) is 37.7 Å². The molecule has 0 aliphatic rings. The quantitative estimate of drug-likeness (QED) is 0.726. The molecule has 1 unspecified atom stereocenters. The number of rotatable bonds is 8. The average Bonchev–Trinajstić information content (AvgIpc) is 3.02. The lowest BCUT2D eigenvalue weighted by Gasteiger charge is -2.22. The molecular formula is C18H26N4O2S. The van der Waals surface area contributed by atoms with E-state index in [-0.39, 0.29) is 11.9 Å². The highest BCUT2D eigenvalue weighted by Crippen LogP contribution is 2.25. The van der Waals surface area contributed by atoms with E-state index in [0.29, 0.717) is 28.8 Å². The van der Waals surface area contributed by atoms with Crippen molar-refractivity contribution in [3.05, 3.63) is 41.4 Å². The molecule has 2 rings (SSSR count). The minimum absolute atomic E-state index is 0.0390. The van der Waals surface area contributed by atoms with Gasteiger partial charge in [0.05, 0.1) is 11.3 Å². The molecule has 2 N–H and O–H groups in total. The summed E-state index contributed by atoms with van der Waals surface area (Å²) in [7, 11) is 1.80. The molecule has 6 nitrogen and oxygen atoms in total. The van der Waals surface area contributed by atoms with Crippen molar-refractivity contribution >= 4 is 17.7 Å². The van der Waals surface area contributed by atoms with Gasteiger partial charge in [-0.15, -0.1) is 0 Å². The number of aromatic nitrogens is 2. The zero-order chi connectivity index (χ0) is 18.4. The molecule has 0 saturated heterocycles. The molecule has 2 heterocycles. The first-order valence-corrected chi connectivity index (χ1v) is 9.38. The van der Waals surface area contributed by atoms with Gasteiger partial charge in [0.1, 0.15) is 10.8 Å². The molecule has 0 aliphatic carbocycles. The molecule has 25 heavy (non-hydrogen) atoms. The Morgan fingerprint density at radius 2 is 2.20 bits per heavy atom. The van der Waals surface area contributed by atoms with Crippen molar-refractivity contribution in [2.45, 2.75) is 44.0 Å². The van der Waals surface area contributed by atoms with Gasteiger partial charge in [-0.25, -0.2) is 4.98 Å². The Bertz CT molecular complexity index is 702. The molecular weight excluding hydrogens is 336 g/mol. The van der Waals surface area contributed by atoms with Gasteiger partial charge in [-0.1, -0.05) is 30.8 Å². The zero-order valence-corrected chi connectivity index (χ0v) is 16.0. The number of hydrogen-bond donors (Lipinski definition) is 1. The van der Waals surface area contributed by atoms with Crippen molar-refractivity contribution in [2.75, 3.05) is 13.6 Å². The largest absolute Gasteiger partial charge is 0.361 e. The molecule has 0 spiro atoms. The zero-order valence-electron chi connectivity index (χ0n) is 15.2. The number of hydrogen-bond acceptors (Lipinski definition) is 6. The summed E-state index contributed by atoms with van der Waals surface area (Å²) in [6, 6.07) is 5.57. The number of carbonyl (C=O) groups excluding carboxylic acids is 1. The molecule has 0 bridgehead atoms.